The maximum atomic E-state index is 12.5. The van der Waals surface area contributed by atoms with E-state index in [1.807, 2.05) is 37.3 Å². The fraction of sp³-hybridized carbons (Fsp3) is 0.444. The first-order valence-corrected chi connectivity index (χ1v) is 8.41. The fourth-order valence-electron chi connectivity index (χ4n) is 2.96. The van der Waals surface area contributed by atoms with Gasteiger partial charge >= 0.3 is 0 Å². The summed E-state index contributed by atoms with van der Waals surface area (Å²) in [6.45, 7) is 9.27. The van der Waals surface area contributed by atoms with Crippen molar-refractivity contribution in [2.75, 3.05) is 31.5 Å². The van der Waals surface area contributed by atoms with Gasteiger partial charge in [-0.15, -0.1) is 0 Å². The molecule has 2 N–H and O–H groups in total. The van der Waals surface area contributed by atoms with Gasteiger partial charge in [-0.3, -0.25) is 9.69 Å². The average Bonchev–Trinajstić information content (AvgIpc) is 2.90. The highest BCUT2D eigenvalue weighted by atomic mass is 16.2. The quantitative estimate of drug-likeness (QED) is 0.898. The highest BCUT2D eigenvalue weighted by Gasteiger charge is 2.21. The number of amides is 1. The molecular formula is C18H25N5O. The third kappa shape index (κ3) is 3.83. The first-order valence-electron chi connectivity index (χ1n) is 8.41. The molecule has 1 atom stereocenters. The van der Waals surface area contributed by atoms with Gasteiger partial charge in [0.1, 0.15) is 5.82 Å². The molecule has 0 unspecified atom stereocenters. The van der Waals surface area contributed by atoms with E-state index in [0.717, 1.165) is 31.0 Å². The van der Waals surface area contributed by atoms with Crippen molar-refractivity contribution in [3.8, 4) is 5.69 Å². The largest absolute Gasteiger partial charge is 0.314 e. The van der Waals surface area contributed by atoms with E-state index in [-0.39, 0.29) is 5.91 Å². The second-order valence-electron chi connectivity index (χ2n) is 6.49. The van der Waals surface area contributed by atoms with Crippen LogP contribution in [-0.2, 0) is 4.79 Å². The van der Waals surface area contributed by atoms with E-state index in [2.05, 4.69) is 34.5 Å². The number of hydrogen-bond donors (Lipinski definition) is 2. The van der Waals surface area contributed by atoms with Gasteiger partial charge in [0.15, 0.2) is 0 Å². The number of aryl methyl sites for hydroxylation is 2. The lowest BCUT2D eigenvalue weighted by molar-refractivity contribution is -0.118. The number of aromatic nitrogens is 2. The highest BCUT2D eigenvalue weighted by molar-refractivity contribution is 5.91. The zero-order valence-corrected chi connectivity index (χ0v) is 14.5. The predicted octanol–water partition coefficient (Wildman–Crippen LogP) is 1.72. The van der Waals surface area contributed by atoms with Gasteiger partial charge < -0.3 is 10.6 Å². The van der Waals surface area contributed by atoms with Crippen molar-refractivity contribution in [3.63, 3.8) is 0 Å². The van der Waals surface area contributed by atoms with E-state index in [0.29, 0.717) is 18.4 Å². The molecule has 1 aliphatic heterocycles. The normalized spacial score (nSPS) is 18.5. The van der Waals surface area contributed by atoms with Gasteiger partial charge in [-0.05, 0) is 32.9 Å². The van der Waals surface area contributed by atoms with E-state index >= 15 is 0 Å². The predicted molar refractivity (Wildman–Crippen MR) is 95.6 cm³/mol. The van der Waals surface area contributed by atoms with Crippen LogP contribution in [0.2, 0.25) is 0 Å². The summed E-state index contributed by atoms with van der Waals surface area (Å²) >= 11 is 0. The van der Waals surface area contributed by atoms with Crippen LogP contribution >= 0.6 is 0 Å². The maximum Gasteiger partial charge on any atom is 0.239 e. The standard InChI is InChI=1S/C18H25N5O/c1-13-4-6-16(7-5-13)23-17(10-14(2)21-23)20-18(24)12-22-9-8-19-11-15(22)3/h4-7,10,15,19H,8-9,11-12H2,1-3H3,(H,20,24)/t15-/m0/s1. The summed E-state index contributed by atoms with van der Waals surface area (Å²) in [5.41, 5.74) is 3.02. The Hall–Kier alpha value is -2.18. The van der Waals surface area contributed by atoms with Gasteiger partial charge in [-0.1, -0.05) is 17.7 Å². The Balaban J connectivity index is 1.73. The van der Waals surface area contributed by atoms with Crippen LogP contribution in [0.5, 0.6) is 0 Å². The third-order valence-electron chi connectivity index (χ3n) is 4.36. The van der Waals surface area contributed by atoms with Gasteiger partial charge in [-0.25, -0.2) is 4.68 Å². The Morgan fingerprint density at radius 2 is 2.08 bits per heavy atom. The zero-order valence-electron chi connectivity index (χ0n) is 14.5. The topological polar surface area (TPSA) is 62.2 Å². The molecule has 6 nitrogen and oxygen atoms in total. The van der Waals surface area contributed by atoms with Crippen molar-refractivity contribution in [2.24, 2.45) is 0 Å². The molecule has 1 aliphatic rings. The number of benzene rings is 1. The molecule has 0 radical (unpaired) electrons. The molecule has 1 aromatic carbocycles. The molecular weight excluding hydrogens is 302 g/mol. The van der Waals surface area contributed by atoms with Gasteiger partial charge in [0, 0.05) is 31.7 Å². The number of nitrogens with one attached hydrogen (secondary N) is 2. The van der Waals surface area contributed by atoms with E-state index in [1.165, 1.54) is 5.56 Å². The summed E-state index contributed by atoms with van der Waals surface area (Å²) in [6, 6.07) is 10.4. The SMILES string of the molecule is Cc1ccc(-n2nc(C)cc2NC(=O)CN2CCNC[C@@H]2C)cc1. The van der Waals surface area contributed by atoms with Gasteiger partial charge in [0.25, 0.3) is 0 Å². The second-order valence-corrected chi connectivity index (χ2v) is 6.49. The number of piperazine rings is 1. The van der Waals surface area contributed by atoms with Crippen molar-refractivity contribution >= 4 is 11.7 Å². The van der Waals surface area contributed by atoms with Crippen LogP contribution in [0.4, 0.5) is 5.82 Å². The van der Waals surface area contributed by atoms with Gasteiger partial charge in [-0.2, -0.15) is 5.10 Å². The molecule has 1 fully saturated rings. The Kier molecular flexibility index (Phi) is 4.97. The highest BCUT2D eigenvalue weighted by Crippen LogP contribution is 2.18. The molecule has 2 aromatic rings. The molecule has 1 amide bonds. The number of nitrogens with zero attached hydrogens (tertiary/aromatic N) is 3. The van der Waals surface area contributed by atoms with Crippen LogP contribution < -0.4 is 10.6 Å². The number of hydrogen-bond acceptors (Lipinski definition) is 4. The molecule has 1 aromatic heterocycles. The molecule has 0 saturated carbocycles. The summed E-state index contributed by atoms with van der Waals surface area (Å²) in [4.78, 5) is 14.7. The summed E-state index contributed by atoms with van der Waals surface area (Å²) in [7, 11) is 0. The second kappa shape index (κ2) is 7.15. The van der Waals surface area contributed by atoms with E-state index < -0.39 is 0 Å². The lowest BCUT2D eigenvalue weighted by Gasteiger charge is -2.33. The minimum atomic E-state index is -0.00277. The van der Waals surface area contributed by atoms with Crippen molar-refractivity contribution in [1.82, 2.24) is 20.0 Å². The van der Waals surface area contributed by atoms with Crippen LogP contribution in [0.25, 0.3) is 5.69 Å². The molecule has 128 valence electrons. The van der Waals surface area contributed by atoms with Crippen LogP contribution in [0.1, 0.15) is 18.2 Å². The molecule has 0 bridgehead atoms. The summed E-state index contributed by atoms with van der Waals surface area (Å²) < 4.78 is 1.79. The number of anilines is 1. The Morgan fingerprint density at radius 1 is 1.33 bits per heavy atom. The molecule has 1 saturated heterocycles. The van der Waals surface area contributed by atoms with E-state index in [4.69, 9.17) is 0 Å². The first-order chi connectivity index (χ1) is 11.5. The lowest BCUT2D eigenvalue weighted by Crippen LogP contribution is -2.52. The number of carbonyl (C=O) groups is 1. The zero-order chi connectivity index (χ0) is 17.1. The van der Waals surface area contributed by atoms with Crippen molar-refractivity contribution in [3.05, 3.63) is 41.6 Å². The molecule has 0 aliphatic carbocycles. The van der Waals surface area contributed by atoms with Gasteiger partial charge in [0.05, 0.1) is 17.9 Å². The van der Waals surface area contributed by atoms with Crippen LogP contribution in [0, 0.1) is 13.8 Å². The van der Waals surface area contributed by atoms with Gasteiger partial charge in [0.2, 0.25) is 5.91 Å². The molecule has 0 spiro atoms. The number of rotatable bonds is 4. The van der Waals surface area contributed by atoms with Crippen molar-refractivity contribution < 1.29 is 4.79 Å². The molecule has 24 heavy (non-hydrogen) atoms. The lowest BCUT2D eigenvalue weighted by atomic mass is 10.2. The van der Waals surface area contributed by atoms with Crippen molar-refractivity contribution in [1.29, 1.82) is 0 Å². The van der Waals surface area contributed by atoms with E-state index in [9.17, 15) is 4.79 Å². The average molecular weight is 327 g/mol. The fourth-order valence-corrected chi connectivity index (χ4v) is 2.96. The molecule has 3 rings (SSSR count). The van der Waals surface area contributed by atoms with Crippen LogP contribution in [-0.4, -0.2) is 52.8 Å². The first kappa shape index (κ1) is 16.7. The molecule has 6 heteroatoms. The summed E-state index contributed by atoms with van der Waals surface area (Å²) in [5.74, 6) is 0.709. The Morgan fingerprint density at radius 3 is 2.79 bits per heavy atom. The van der Waals surface area contributed by atoms with Crippen LogP contribution in [0.15, 0.2) is 30.3 Å². The summed E-state index contributed by atoms with van der Waals surface area (Å²) in [6.07, 6.45) is 0. The number of carbonyl (C=O) groups excluding carboxylic acids is 1. The summed E-state index contributed by atoms with van der Waals surface area (Å²) in [5, 5.41) is 10.9. The molecule has 2 heterocycles. The minimum absolute atomic E-state index is 0.00277. The van der Waals surface area contributed by atoms with Crippen molar-refractivity contribution in [2.45, 2.75) is 26.8 Å². The van der Waals surface area contributed by atoms with Crippen LogP contribution in [0.3, 0.4) is 0 Å². The smallest absolute Gasteiger partial charge is 0.239 e. The Labute approximate surface area is 142 Å². The Bertz CT molecular complexity index is 707. The van der Waals surface area contributed by atoms with E-state index in [1.54, 1.807) is 4.68 Å². The monoisotopic (exact) mass is 327 g/mol. The third-order valence-corrected chi connectivity index (χ3v) is 4.36. The maximum absolute atomic E-state index is 12.5. The minimum Gasteiger partial charge on any atom is -0.314 e.